The van der Waals surface area contributed by atoms with Crippen molar-refractivity contribution >= 4 is 6.29 Å². The molecule has 0 amide bonds. The lowest BCUT2D eigenvalue weighted by molar-refractivity contribution is -0.112. The lowest BCUT2D eigenvalue weighted by atomic mass is 10.1. The van der Waals surface area contributed by atoms with E-state index in [0.717, 1.165) is 19.4 Å². The summed E-state index contributed by atoms with van der Waals surface area (Å²) in [6.45, 7) is 0.846. The summed E-state index contributed by atoms with van der Waals surface area (Å²) in [4.78, 5) is 9.88. The Balaban J connectivity index is 2.32. The highest BCUT2D eigenvalue weighted by Crippen LogP contribution is 2.09. The highest BCUT2D eigenvalue weighted by molar-refractivity contribution is 5.57. The minimum absolute atomic E-state index is 0.206. The molecule has 3 heteroatoms. The average Bonchev–Trinajstić information content (AvgIpc) is 2.37. The first-order valence-electron chi connectivity index (χ1n) is 3.17. The van der Waals surface area contributed by atoms with Crippen LogP contribution in [0.3, 0.4) is 0 Å². The number of hydrogen-bond acceptors (Lipinski definition) is 2. The second-order valence-electron chi connectivity index (χ2n) is 2.28. The average molecular weight is 131 g/mol. The van der Waals surface area contributed by atoms with Crippen molar-refractivity contribution in [3.63, 3.8) is 0 Å². The summed E-state index contributed by atoms with van der Waals surface area (Å²) in [5.74, 6) is 0. The van der Waals surface area contributed by atoms with Gasteiger partial charge in [0.15, 0.2) is 12.5 Å². The molecule has 1 fully saturated rings. The molecule has 52 valence electrons. The van der Waals surface area contributed by atoms with Gasteiger partial charge in [-0.3, -0.25) is 0 Å². The first kappa shape index (κ1) is 6.68. The van der Waals surface area contributed by atoms with E-state index in [0.29, 0.717) is 6.29 Å². The lowest BCUT2D eigenvalue weighted by Crippen LogP contribution is -2.32. The fraction of sp³-hybridized carbons (Fsp3) is 0.833. The van der Waals surface area contributed by atoms with Crippen LogP contribution in [0.5, 0.6) is 0 Å². The van der Waals surface area contributed by atoms with E-state index >= 15 is 0 Å². The standard InChI is InChI=1S/C6H10FNO/c7-5(4-9)6-2-1-3-8-6/h4-6,8H,1-3H2. The molecule has 0 aliphatic carbocycles. The van der Waals surface area contributed by atoms with Gasteiger partial charge in [0.25, 0.3) is 0 Å². The van der Waals surface area contributed by atoms with Crippen LogP contribution in [0.4, 0.5) is 4.39 Å². The molecule has 2 nitrogen and oxygen atoms in total. The smallest absolute Gasteiger partial charge is 0.170 e. The Morgan fingerprint density at radius 2 is 2.56 bits per heavy atom. The Labute approximate surface area is 53.4 Å². The van der Waals surface area contributed by atoms with E-state index in [9.17, 15) is 9.18 Å². The summed E-state index contributed by atoms with van der Waals surface area (Å²) >= 11 is 0. The predicted molar refractivity (Wildman–Crippen MR) is 32.0 cm³/mol. The van der Waals surface area contributed by atoms with Crippen LogP contribution in [-0.4, -0.2) is 25.0 Å². The van der Waals surface area contributed by atoms with E-state index in [2.05, 4.69) is 5.32 Å². The van der Waals surface area contributed by atoms with E-state index in [1.165, 1.54) is 0 Å². The molecular formula is C6H10FNO. The van der Waals surface area contributed by atoms with Crippen molar-refractivity contribution in [2.45, 2.75) is 25.1 Å². The highest BCUT2D eigenvalue weighted by Gasteiger charge is 2.22. The van der Waals surface area contributed by atoms with Crippen molar-refractivity contribution in [2.24, 2.45) is 0 Å². The Kier molecular flexibility index (Phi) is 2.16. The molecule has 0 aromatic carbocycles. The predicted octanol–water partition coefficient (Wildman–Crippen LogP) is 0.275. The van der Waals surface area contributed by atoms with E-state index in [1.807, 2.05) is 0 Å². The number of carbonyl (C=O) groups excluding carboxylic acids is 1. The zero-order chi connectivity index (χ0) is 6.69. The molecule has 0 radical (unpaired) electrons. The molecule has 1 rings (SSSR count). The summed E-state index contributed by atoms with van der Waals surface area (Å²) in [5.41, 5.74) is 0. The minimum atomic E-state index is -1.30. The number of hydrogen-bond donors (Lipinski definition) is 1. The largest absolute Gasteiger partial charge is 0.311 e. The maximum absolute atomic E-state index is 12.4. The molecule has 0 aromatic heterocycles. The van der Waals surface area contributed by atoms with E-state index in [1.54, 1.807) is 0 Å². The van der Waals surface area contributed by atoms with Crippen molar-refractivity contribution in [1.82, 2.24) is 5.32 Å². The molecule has 0 spiro atoms. The maximum atomic E-state index is 12.4. The van der Waals surface area contributed by atoms with Gasteiger partial charge in [0.1, 0.15) is 0 Å². The van der Waals surface area contributed by atoms with Gasteiger partial charge in [-0.2, -0.15) is 0 Å². The fourth-order valence-electron chi connectivity index (χ4n) is 1.08. The number of halogens is 1. The van der Waals surface area contributed by atoms with Crippen LogP contribution in [0, 0.1) is 0 Å². The molecular weight excluding hydrogens is 121 g/mol. The number of alkyl halides is 1. The second kappa shape index (κ2) is 2.92. The molecule has 1 N–H and O–H groups in total. The number of carbonyl (C=O) groups is 1. The lowest BCUT2D eigenvalue weighted by Gasteiger charge is -2.08. The molecule has 1 saturated heterocycles. The summed E-state index contributed by atoms with van der Waals surface area (Å²) in [7, 11) is 0. The fourth-order valence-corrected chi connectivity index (χ4v) is 1.08. The summed E-state index contributed by atoms with van der Waals surface area (Å²) in [5, 5.41) is 2.90. The first-order chi connectivity index (χ1) is 4.34. The quantitative estimate of drug-likeness (QED) is 0.545. The Hall–Kier alpha value is -0.440. The SMILES string of the molecule is O=CC(F)C1CCCN1. The van der Waals surface area contributed by atoms with Crippen LogP contribution in [0.25, 0.3) is 0 Å². The highest BCUT2D eigenvalue weighted by atomic mass is 19.1. The third kappa shape index (κ3) is 1.48. The monoisotopic (exact) mass is 131 g/mol. The van der Waals surface area contributed by atoms with Crippen molar-refractivity contribution < 1.29 is 9.18 Å². The normalized spacial score (nSPS) is 30.1. The minimum Gasteiger partial charge on any atom is -0.311 e. The first-order valence-corrected chi connectivity index (χ1v) is 3.17. The zero-order valence-electron chi connectivity index (χ0n) is 5.14. The van der Waals surface area contributed by atoms with Crippen molar-refractivity contribution in [3.05, 3.63) is 0 Å². The number of aldehydes is 1. The molecule has 0 saturated carbocycles. The molecule has 1 heterocycles. The van der Waals surface area contributed by atoms with Crippen molar-refractivity contribution in [1.29, 1.82) is 0 Å². The molecule has 1 aliphatic heterocycles. The maximum Gasteiger partial charge on any atom is 0.170 e. The van der Waals surface area contributed by atoms with Gasteiger partial charge in [-0.25, -0.2) is 4.39 Å². The van der Waals surface area contributed by atoms with Gasteiger partial charge >= 0.3 is 0 Å². The Morgan fingerprint density at radius 1 is 1.78 bits per heavy atom. The van der Waals surface area contributed by atoms with Gasteiger partial charge in [0.05, 0.1) is 0 Å². The van der Waals surface area contributed by atoms with Crippen molar-refractivity contribution in [2.75, 3.05) is 6.54 Å². The topological polar surface area (TPSA) is 29.1 Å². The number of rotatable bonds is 2. The van der Waals surface area contributed by atoms with Gasteiger partial charge in [0.2, 0.25) is 0 Å². The van der Waals surface area contributed by atoms with Gasteiger partial charge in [-0.1, -0.05) is 0 Å². The molecule has 2 atom stereocenters. The van der Waals surface area contributed by atoms with E-state index < -0.39 is 6.17 Å². The molecule has 1 aliphatic rings. The van der Waals surface area contributed by atoms with Crippen LogP contribution < -0.4 is 5.32 Å². The molecule has 2 unspecified atom stereocenters. The van der Waals surface area contributed by atoms with Crippen LogP contribution in [-0.2, 0) is 4.79 Å². The summed E-state index contributed by atoms with van der Waals surface area (Å²) < 4.78 is 12.4. The number of nitrogens with one attached hydrogen (secondary N) is 1. The Morgan fingerprint density at radius 3 is 3.00 bits per heavy atom. The zero-order valence-corrected chi connectivity index (χ0v) is 5.14. The van der Waals surface area contributed by atoms with Crippen LogP contribution in [0.15, 0.2) is 0 Å². The van der Waals surface area contributed by atoms with Crippen LogP contribution in [0.1, 0.15) is 12.8 Å². The van der Waals surface area contributed by atoms with Gasteiger partial charge in [0, 0.05) is 6.04 Å². The van der Waals surface area contributed by atoms with Gasteiger partial charge in [-0.15, -0.1) is 0 Å². The van der Waals surface area contributed by atoms with Crippen molar-refractivity contribution in [3.8, 4) is 0 Å². The molecule has 9 heavy (non-hydrogen) atoms. The second-order valence-corrected chi connectivity index (χ2v) is 2.28. The molecule has 0 bridgehead atoms. The summed E-state index contributed by atoms with van der Waals surface area (Å²) in [6.07, 6.45) is 0.842. The van der Waals surface area contributed by atoms with E-state index in [4.69, 9.17) is 0 Å². The van der Waals surface area contributed by atoms with Crippen LogP contribution in [0.2, 0.25) is 0 Å². The molecule has 0 aromatic rings. The third-order valence-corrected chi connectivity index (χ3v) is 1.61. The van der Waals surface area contributed by atoms with Gasteiger partial charge < -0.3 is 10.1 Å². The Bertz CT molecular complexity index is 101. The van der Waals surface area contributed by atoms with E-state index in [-0.39, 0.29) is 6.04 Å². The summed E-state index contributed by atoms with van der Waals surface area (Å²) in [6, 6.07) is -0.206. The van der Waals surface area contributed by atoms with Gasteiger partial charge in [-0.05, 0) is 19.4 Å². The van der Waals surface area contributed by atoms with Crippen LogP contribution >= 0.6 is 0 Å². The third-order valence-electron chi connectivity index (χ3n) is 1.61.